The maximum Gasteiger partial charge on any atom is 0.223 e. The van der Waals surface area contributed by atoms with E-state index in [9.17, 15) is 4.79 Å². The van der Waals surface area contributed by atoms with Crippen molar-refractivity contribution in [2.45, 2.75) is 60.4 Å². The van der Waals surface area contributed by atoms with Crippen molar-refractivity contribution in [3.05, 3.63) is 36.0 Å². The fourth-order valence-electron chi connectivity index (χ4n) is 4.76. The van der Waals surface area contributed by atoms with Crippen LogP contribution in [-0.2, 0) is 11.3 Å². The predicted octanol–water partition coefficient (Wildman–Crippen LogP) is 5.16. The molecule has 1 aliphatic rings. The number of para-hydroxylation sites is 1. The number of aromatic nitrogens is 1. The number of fused-ring (bicyclic) bond motifs is 1. The quantitative estimate of drug-likeness (QED) is 0.790. The third-order valence-corrected chi connectivity index (χ3v) is 6.29. The van der Waals surface area contributed by atoms with Crippen molar-refractivity contribution in [3.8, 4) is 0 Å². The largest absolute Gasteiger partial charge is 0.354 e. The van der Waals surface area contributed by atoms with Gasteiger partial charge < -0.3 is 9.88 Å². The van der Waals surface area contributed by atoms with Gasteiger partial charge in [0.05, 0.1) is 0 Å². The van der Waals surface area contributed by atoms with E-state index in [4.69, 9.17) is 0 Å². The highest BCUT2D eigenvalue weighted by Crippen LogP contribution is 2.44. The molecule has 1 heterocycles. The summed E-state index contributed by atoms with van der Waals surface area (Å²) in [6.07, 6.45) is 3.41. The van der Waals surface area contributed by atoms with E-state index >= 15 is 0 Å². The first-order valence-corrected chi connectivity index (χ1v) is 10.1. The van der Waals surface area contributed by atoms with Crippen molar-refractivity contribution in [3.63, 3.8) is 0 Å². The maximum atomic E-state index is 13.0. The molecule has 3 nitrogen and oxygen atoms in total. The zero-order valence-corrected chi connectivity index (χ0v) is 17.0. The van der Waals surface area contributed by atoms with Crippen LogP contribution in [0.5, 0.6) is 0 Å². The molecule has 3 rings (SSSR count). The molecule has 1 N–H and O–H groups in total. The van der Waals surface area contributed by atoms with Crippen LogP contribution in [0.2, 0.25) is 0 Å². The molecule has 2 unspecified atom stereocenters. The Hall–Kier alpha value is -1.77. The first-order valence-electron chi connectivity index (χ1n) is 10.1. The second kappa shape index (κ2) is 7.46. The highest BCUT2D eigenvalue weighted by molar-refractivity contribution is 5.81. The Morgan fingerprint density at radius 1 is 1.31 bits per heavy atom. The summed E-state index contributed by atoms with van der Waals surface area (Å²) < 4.78 is 2.31. The van der Waals surface area contributed by atoms with Gasteiger partial charge in [0.15, 0.2) is 0 Å². The lowest BCUT2D eigenvalue weighted by molar-refractivity contribution is -0.130. The number of rotatable bonds is 5. The molecule has 26 heavy (non-hydrogen) atoms. The molecule has 1 aromatic carbocycles. The number of nitrogens with one attached hydrogen (secondary N) is 1. The van der Waals surface area contributed by atoms with Crippen molar-refractivity contribution in [1.29, 1.82) is 0 Å². The van der Waals surface area contributed by atoms with Crippen LogP contribution >= 0.6 is 0 Å². The van der Waals surface area contributed by atoms with Crippen LogP contribution in [0.4, 0.5) is 0 Å². The molecule has 1 aliphatic carbocycles. The highest BCUT2D eigenvalue weighted by Gasteiger charge is 2.39. The lowest BCUT2D eigenvalue weighted by Crippen LogP contribution is -2.43. The molecular weight excluding hydrogens is 320 g/mol. The average molecular weight is 355 g/mol. The Balaban J connectivity index is 1.64. The Morgan fingerprint density at radius 3 is 2.77 bits per heavy atom. The Labute approximate surface area is 158 Å². The van der Waals surface area contributed by atoms with Gasteiger partial charge in [0.2, 0.25) is 5.91 Å². The number of hydrogen-bond acceptors (Lipinski definition) is 1. The van der Waals surface area contributed by atoms with E-state index in [-0.39, 0.29) is 17.2 Å². The standard InChI is InChI=1S/C23H34N2O/c1-16(2)19-10-11-23(4,5)15-20(19)22(26)24-12-13-25-17(3)14-18-8-6-7-9-21(18)25/h6-9,14,16,19-20H,10-13,15H2,1-5H3,(H,24,26). The Bertz CT molecular complexity index is 772. The van der Waals surface area contributed by atoms with Crippen molar-refractivity contribution in [2.75, 3.05) is 6.54 Å². The molecule has 3 heteroatoms. The van der Waals surface area contributed by atoms with Crippen LogP contribution in [0.15, 0.2) is 30.3 Å². The molecule has 0 aliphatic heterocycles. The van der Waals surface area contributed by atoms with Crippen LogP contribution in [0.1, 0.15) is 52.7 Å². The van der Waals surface area contributed by atoms with E-state index in [1.165, 1.54) is 29.4 Å². The molecule has 1 fully saturated rings. The van der Waals surface area contributed by atoms with E-state index in [0.717, 1.165) is 13.0 Å². The smallest absolute Gasteiger partial charge is 0.223 e. The number of aryl methyl sites for hydroxylation is 1. The zero-order valence-electron chi connectivity index (χ0n) is 17.0. The number of carbonyl (C=O) groups is 1. The van der Waals surface area contributed by atoms with E-state index < -0.39 is 0 Å². The summed E-state index contributed by atoms with van der Waals surface area (Å²) in [5, 5.41) is 4.51. The van der Waals surface area contributed by atoms with Gasteiger partial charge in [0.1, 0.15) is 0 Å². The average Bonchev–Trinajstić information content (AvgIpc) is 2.89. The van der Waals surface area contributed by atoms with Crippen LogP contribution < -0.4 is 5.32 Å². The normalized spacial score (nSPS) is 22.7. The Morgan fingerprint density at radius 2 is 2.04 bits per heavy atom. The third kappa shape index (κ3) is 3.97. The van der Waals surface area contributed by atoms with Crippen LogP contribution in [-0.4, -0.2) is 17.0 Å². The summed E-state index contributed by atoms with van der Waals surface area (Å²) in [4.78, 5) is 13.0. The molecule has 0 spiro atoms. The summed E-state index contributed by atoms with van der Waals surface area (Å²) >= 11 is 0. The third-order valence-electron chi connectivity index (χ3n) is 6.29. The fourth-order valence-corrected chi connectivity index (χ4v) is 4.76. The van der Waals surface area contributed by atoms with E-state index in [1.807, 2.05) is 0 Å². The molecular formula is C23H34N2O. The molecule has 142 valence electrons. The fraction of sp³-hybridized carbons (Fsp3) is 0.609. The van der Waals surface area contributed by atoms with Gasteiger partial charge in [-0.3, -0.25) is 4.79 Å². The maximum absolute atomic E-state index is 13.0. The monoisotopic (exact) mass is 354 g/mol. The molecule has 0 bridgehead atoms. The van der Waals surface area contributed by atoms with Gasteiger partial charge >= 0.3 is 0 Å². The number of carbonyl (C=O) groups excluding carboxylic acids is 1. The number of amides is 1. The molecule has 2 atom stereocenters. The second-order valence-corrected chi connectivity index (χ2v) is 9.21. The van der Waals surface area contributed by atoms with E-state index in [0.29, 0.717) is 18.4 Å². The van der Waals surface area contributed by atoms with E-state index in [2.05, 4.69) is 74.8 Å². The van der Waals surface area contributed by atoms with Gasteiger partial charge in [-0.05, 0) is 61.0 Å². The van der Waals surface area contributed by atoms with Crippen LogP contribution in [0, 0.1) is 30.1 Å². The molecule has 1 aromatic heterocycles. The molecule has 1 saturated carbocycles. The summed E-state index contributed by atoms with van der Waals surface area (Å²) in [7, 11) is 0. The lowest BCUT2D eigenvalue weighted by Gasteiger charge is -2.41. The van der Waals surface area contributed by atoms with Gasteiger partial charge in [0, 0.05) is 30.2 Å². The SMILES string of the molecule is Cc1cc2ccccc2n1CCNC(=O)C1CC(C)(C)CCC1C(C)C. The van der Waals surface area contributed by atoms with Gasteiger partial charge in [-0.2, -0.15) is 0 Å². The van der Waals surface area contributed by atoms with Crippen LogP contribution in [0.3, 0.4) is 0 Å². The van der Waals surface area contributed by atoms with Crippen LogP contribution in [0.25, 0.3) is 10.9 Å². The minimum atomic E-state index is 0.154. The van der Waals surface area contributed by atoms with Gasteiger partial charge in [-0.15, -0.1) is 0 Å². The molecule has 0 saturated heterocycles. The lowest BCUT2D eigenvalue weighted by atomic mass is 9.64. The summed E-state index contributed by atoms with van der Waals surface area (Å²) in [5.74, 6) is 1.49. The first-order chi connectivity index (χ1) is 12.3. The van der Waals surface area contributed by atoms with Gasteiger partial charge in [-0.1, -0.05) is 45.9 Å². The minimum Gasteiger partial charge on any atom is -0.354 e. The van der Waals surface area contributed by atoms with Crippen molar-refractivity contribution < 1.29 is 4.79 Å². The summed E-state index contributed by atoms with van der Waals surface area (Å²) in [6.45, 7) is 12.8. The van der Waals surface area contributed by atoms with Crippen molar-refractivity contribution >= 4 is 16.8 Å². The van der Waals surface area contributed by atoms with Gasteiger partial charge in [-0.25, -0.2) is 0 Å². The van der Waals surface area contributed by atoms with Crippen molar-refractivity contribution in [1.82, 2.24) is 9.88 Å². The Kier molecular flexibility index (Phi) is 5.45. The topological polar surface area (TPSA) is 34.0 Å². The number of benzene rings is 1. The minimum absolute atomic E-state index is 0.154. The predicted molar refractivity (Wildman–Crippen MR) is 109 cm³/mol. The first kappa shape index (κ1) is 19.0. The zero-order chi connectivity index (χ0) is 18.9. The summed E-state index contributed by atoms with van der Waals surface area (Å²) in [6, 6.07) is 10.7. The highest BCUT2D eigenvalue weighted by atomic mass is 16.1. The van der Waals surface area contributed by atoms with Gasteiger partial charge in [0.25, 0.3) is 0 Å². The van der Waals surface area contributed by atoms with E-state index in [1.54, 1.807) is 0 Å². The van der Waals surface area contributed by atoms with Crippen molar-refractivity contribution in [2.24, 2.45) is 23.2 Å². The number of hydrogen-bond donors (Lipinski definition) is 1. The molecule has 2 aromatic rings. The molecule has 0 radical (unpaired) electrons. The number of nitrogens with zero attached hydrogens (tertiary/aromatic N) is 1. The second-order valence-electron chi connectivity index (χ2n) is 9.21. The molecule has 1 amide bonds. The summed E-state index contributed by atoms with van der Waals surface area (Å²) in [5.41, 5.74) is 2.78.